The van der Waals surface area contributed by atoms with Crippen molar-refractivity contribution in [2.75, 3.05) is 31.9 Å². The van der Waals surface area contributed by atoms with Crippen molar-refractivity contribution >= 4 is 38.3 Å². The maximum absolute atomic E-state index is 12.5. The Bertz CT molecular complexity index is 1460. The first-order valence-electron chi connectivity index (χ1n) is 11.1. The molecule has 0 aliphatic rings. The van der Waals surface area contributed by atoms with E-state index in [1.54, 1.807) is 18.2 Å². The molecule has 0 spiro atoms. The molecule has 194 valence electrons. The molecule has 0 fully saturated rings. The third kappa shape index (κ3) is 7.52. The fraction of sp³-hybridized carbons (Fsp3) is 0.280. The number of ether oxygens (including phenoxy) is 3. The van der Waals surface area contributed by atoms with E-state index in [0.29, 0.717) is 48.0 Å². The average Bonchev–Trinajstić information content (AvgIpc) is 3.34. The number of nitrogens with zero attached hydrogens (tertiary/aromatic N) is 3. The van der Waals surface area contributed by atoms with Gasteiger partial charge in [-0.1, -0.05) is 29.5 Å². The first-order chi connectivity index (χ1) is 17.6. The van der Waals surface area contributed by atoms with Crippen molar-refractivity contribution in [1.82, 2.24) is 10.2 Å². The average molecular weight is 543 g/mol. The van der Waals surface area contributed by atoms with E-state index in [0.717, 1.165) is 17.6 Å². The van der Waals surface area contributed by atoms with Gasteiger partial charge >= 0.3 is 0 Å². The minimum Gasteiger partial charge on any atom is -0.493 e. The number of methoxy groups -OCH3 is 1. The van der Waals surface area contributed by atoms with Crippen LogP contribution < -0.4 is 19.5 Å². The number of nitriles is 1. The Morgan fingerprint density at radius 2 is 1.84 bits per heavy atom. The Kier molecular flexibility index (Phi) is 9.21. The molecule has 12 heteroatoms. The minimum absolute atomic E-state index is 0.0329. The highest BCUT2D eigenvalue weighted by atomic mass is 32.2. The van der Waals surface area contributed by atoms with Crippen LogP contribution in [-0.2, 0) is 14.6 Å². The Morgan fingerprint density at radius 1 is 1.11 bits per heavy atom. The Labute approximate surface area is 219 Å². The lowest BCUT2D eigenvalue weighted by Crippen LogP contribution is -2.13. The van der Waals surface area contributed by atoms with Gasteiger partial charge in [0.05, 0.1) is 20.3 Å². The van der Waals surface area contributed by atoms with Gasteiger partial charge in [0.25, 0.3) is 5.91 Å². The summed E-state index contributed by atoms with van der Waals surface area (Å²) >= 11 is 0.697. The van der Waals surface area contributed by atoms with Crippen molar-refractivity contribution in [2.24, 2.45) is 0 Å². The van der Waals surface area contributed by atoms with Crippen molar-refractivity contribution in [3.63, 3.8) is 0 Å². The summed E-state index contributed by atoms with van der Waals surface area (Å²) < 4.78 is 39.9. The van der Waals surface area contributed by atoms with Crippen LogP contribution in [0.5, 0.6) is 17.2 Å². The molecule has 3 rings (SSSR count). The lowest BCUT2D eigenvalue weighted by Gasteiger charge is -2.13. The molecule has 0 unspecified atom stereocenters. The zero-order valence-corrected chi connectivity index (χ0v) is 22.4. The monoisotopic (exact) mass is 542 g/mol. The standard InChI is InChI=1S/C25H26N4O6S2/c1-16-7-5-8-20(17(16)2)34-11-6-12-35-21-10-9-18(14-22(21)33-3)13-19(15-26)23(30)27-24-28-29-25(36-24)37(4,31)32/h5,7-10,13-14H,6,11-12H2,1-4H3,(H,27,28,30). The van der Waals surface area contributed by atoms with Crippen LogP contribution in [0.4, 0.5) is 5.13 Å². The Morgan fingerprint density at radius 3 is 2.49 bits per heavy atom. The predicted octanol–water partition coefficient (Wildman–Crippen LogP) is 3.96. The number of amides is 1. The van der Waals surface area contributed by atoms with Crippen LogP contribution >= 0.6 is 11.3 Å². The van der Waals surface area contributed by atoms with E-state index in [9.17, 15) is 18.5 Å². The summed E-state index contributed by atoms with van der Waals surface area (Å²) in [5.74, 6) is 1.05. The molecule has 0 radical (unpaired) electrons. The van der Waals surface area contributed by atoms with Gasteiger partial charge in [-0.15, -0.1) is 10.2 Å². The number of nitrogens with one attached hydrogen (secondary N) is 1. The predicted molar refractivity (Wildman–Crippen MR) is 140 cm³/mol. The molecule has 0 aliphatic heterocycles. The minimum atomic E-state index is -3.55. The summed E-state index contributed by atoms with van der Waals surface area (Å²) in [7, 11) is -2.06. The van der Waals surface area contributed by atoms with Crippen molar-refractivity contribution < 1.29 is 27.4 Å². The summed E-state index contributed by atoms with van der Waals surface area (Å²) in [5.41, 5.74) is 2.60. The molecule has 1 N–H and O–H groups in total. The maximum atomic E-state index is 12.5. The van der Waals surface area contributed by atoms with Crippen LogP contribution in [0.2, 0.25) is 0 Å². The molecular weight excluding hydrogens is 516 g/mol. The second kappa shape index (κ2) is 12.3. The summed E-state index contributed by atoms with van der Waals surface area (Å²) in [6.07, 6.45) is 3.02. The zero-order chi connectivity index (χ0) is 27.0. The van der Waals surface area contributed by atoms with E-state index >= 15 is 0 Å². The number of aromatic nitrogens is 2. The molecule has 3 aromatic rings. The number of hydrogen-bond donors (Lipinski definition) is 1. The molecule has 1 aromatic heterocycles. The quantitative estimate of drug-likeness (QED) is 0.165. The van der Waals surface area contributed by atoms with E-state index in [2.05, 4.69) is 15.5 Å². The number of hydrogen-bond acceptors (Lipinski definition) is 10. The van der Waals surface area contributed by atoms with Gasteiger partial charge < -0.3 is 14.2 Å². The van der Waals surface area contributed by atoms with Crippen molar-refractivity contribution in [3.8, 4) is 23.3 Å². The second-order valence-corrected chi connectivity index (χ2v) is 11.1. The lowest BCUT2D eigenvalue weighted by molar-refractivity contribution is -0.112. The smallest absolute Gasteiger partial charge is 0.268 e. The summed E-state index contributed by atoms with van der Waals surface area (Å²) in [4.78, 5) is 12.5. The SMILES string of the molecule is COc1cc(C=C(C#N)C(=O)Nc2nnc(S(C)(=O)=O)s2)ccc1OCCCOc1cccc(C)c1C. The summed E-state index contributed by atoms with van der Waals surface area (Å²) in [6.45, 7) is 4.96. The summed E-state index contributed by atoms with van der Waals surface area (Å²) in [5, 5.41) is 19.0. The fourth-order valence-corrected chi connectivity index (χ4v) is 4.59. The van der Waals surface area contributed by atoms with Gasteiger partial charge in [0.15, 0.2) is 11.5 Å². The van der Waals surface area contributed by atoms with Gasteiger partial charge in [-0.25, -0.2) is 8.42 Å². The molecule has 0 bridgehead atoms. The second-order valence-electron chi connectivity index (χ2n) is 7.93. The molecule has 1 amide bonds. The Hall–Kier alpha value is -3.95. The van der Waals surface area contributed by atoms with Gasteiger partial charge in [-0.2, -0.15) is 5.26 Å². The van der Waals surface area contributed by atoms with Crippen LogP contribution in [0.15, 0.2) is 46.3 Å². The van der Waals surface area contributed by atoms with Crippen molar-refractivity contribution in [3.05, 3.63) is 58.7 Å². The number of carbonyl (C=O) groups is 1. The number of aryl methyl sites for hydroxylation is 1. The van der Waals surface area contributed by atoms with Crippen LogP contribution in [0, 0.1) is 25.2 Å². The Balaban J connectivity index is 1.60. The fourth-order valence-electron chi connectivity index (χ4n) is 3.09. The molecule has 0 atom stereocenters. The zero-order valence-electron chi connectivity index (χ0n) is 20.8. The highest BCUT2D eigenvalue weighted by Crippen LogP contribution is 2.29. The molecular formula is C25H26N4O6S2. The molecule has 1 heterocycles. The highest BCUT2D eigenvalue weighted by molar-refractivity contribution is 7.92. The van der Waals surface area contributed by atoms with Crippen LogP contribution in [-0.4, -0.2) is 51.1 Å². The van der Waals surface area contributed by atoms with Crippen LogP contribution in [0.25, 0.3) is 6.08 Å². The van der Waals surface area contributed by atoms with E-state index in [1.807, 2.05) is 38.1 Å². The molecule has 2 aromatic carbocycles. The van der Waals surface area contributed by atoms with Gasteiger partial charge in [-0.3, -0.25) is 10.1 Å². The number of benzene rings is 2. The maximum Gasteiger partial charge on any atom is 0.268 e. The number of anilines is 1. The van der Waals surface area contributed by atoms with E-state index in [1.165, 1.54) is 18.7 Å². The van der Waals surface area contributed by atoms with Crippen LogP contribution in [0.1, 0.15) is 23.1 Å². The first-order valence-corrected chi connectivity index (χ1v) is 13.8. The topological polar surface area (TPSA) is 140 Å². The molecule has 0 saturated carbocycles. The lowest BCUT2D eigenvalue weighted by atomic mass is 10.1. The normalized spacial score (nSPS) is 11.5. The molecule has 10 nitrogen and oxygen atoms in total. The number of rotatable bonds is 11. The highest BCUT2D eigenvalue weighted by Gasteiger charge is 2.18. The van der Waals surface area contributed by atoms with Crippen molar-refractivity contribution in [2.45, 2.75) is 24.6 Å². The van der Waals surface area contributed by atoms with E-state index in [-0.39, 0.29) is 15.0 Å². The van der Waals surface area contributed by atoms with Gasteiger partial charge in [0.2, 0.25) is 19.3 Å². The molecule has 0 saturated heterocycles. The van der Waals surface area contributed by atoms with E-state index in [4.69, 9.17) is 14.2 Å². The van der Waals surface area contributed by atoms with Crippen molar-refractivity contribution in [1.29, 1.82) is 5.26 Å². The van der Waals surface area contributed by atoms with Gasteiger partial charge in [0.1, 0.15) is 17.4 Å². The van der Waals surface area contributed by atoms with E-state index < -0.39 is 15.7 Å². The van der Waals surface area contributed by atoms with Gasteiger partial charge in [-0.05, 0) is 54.8 Å². The largest absolute Gasteiger partial charge is 0.493 e. The number of sulfone groups is 1. The molecule has 37 heavy (non-hydrogen) atoms. The number of carbonyl (C=O) groups excluding carboxylic acids is 1. The van der Waals surface area contributed by atoms with Gasteiger partial charge in [0, 0.05) is 12.7 Å². The molecule has 0 aliphatic carbocycles. The van der Waals surface area contributed by atoms with Crippen LogP contribution in [0.3, 0.4) is 0 Å². The first kappa shape index (κ1) is 27.6. The third-order valence-electron chi connectivity index (χ3n) is 5.17. The summed E-state index contributed by atoms with van der Waals surface area (Å²) in [6, 6.07) is 12.8. The third-order valence-corrected chi connectivity index (χ3v) is 7.67.